The van der Waals surface area contributed by atoms with Crippen molar-refractivity contribution in [1.29, 1.82) is 5.26 Å². The van der Waals surface area contributed by atoms with Crippen LogP contribution in [0, 0.1) is 23.2 Å². The molecule has 0 spiro atoms. The number of aromatic nitrogens is 4. The Hall–Kier alpha value is -3.89. The van der Waals surface area contributed by atoms with Gasteiger partial charge in [-0.05, 0) is 30.5 Å². The van der Waals surface area contributed by atoms with Gasteiger partial charge in [-0.25, -0.2) is 0 Å². The Bertz CT molecular complexity index is 1440. The second kappa shape index (κ2) is 9.14. The van der Waals surface area contributed by atoms with Crippen molar-refractivity contribution in [2.24, 2.45) is 11.8 Å². The smallest absolute Gasteiger partial charge is 0.370 e. The predicted octanol–water partition coefficient (Wildman–Crippen LogP) is 4.24. The zero-order valence-corrected chi connectivity index (χ0v) is 20.0. The number of carbonyl (C=O) groups excluding carboxylic acids is 1. The van der Waals surface area contributed by atoms with Gasteiger partial charge in [0.25, 0.3) is 0 Å². The van der Waals surface area contributed by atoms with E-state index in [1.54, 1.807) is 4.90 Å². The highest BCUT2D eigenvalue weighted by Crippen LogP contribution is 2.38. The van der Waals surface area contributed by atoms with Gasteiger partial charge in [-0.2, -0.15) is 31.6 Å². The zero-order valence-electron chi connectivity index (χ0n) is 20.0. The van der Waals surface area contributed by atoms with Gasteiger partial charge >= 0.3 is 12.4 Å². The monoisotopic (exact) mass is 537 g/mol. The van der Waals surface area contributed by atoms with Crippen LogP contribution in [0.4, 0.5) is 32.0 Å². The van der Waals surface area contributed by atoms with Crippen molar-refractivity contribution in [3.05, 3.63) is 47.2 Å². The molecule has 1 fully saturated rings. The van der Waals surface area contributed by atoms with Crippen LogP contribution in [0.3, 0.4) is 0 Å². The third-order valence-corrected chi connectivity index (χ3v) is 7.14. The molecule has 1 saturated heterocycles. The number of fused-ring (bicyclic) bond motifs is 2. The number of piperidine rings is 1. The quantitative estimate of drug-likeness (QED) is 0.455. The Kier molecular flexibility index (Phi) is 6.19. The third kappa shape index (κ3) is 4.50. The van der Waals surface area contributed by atoms with Crippen LogP contribution in [0.5, 0.6) is 0 Å². The molecule has 38 heavy (non-hydrogen) atoms. The van der Waals surface area contributed by atoms with E-state index in [0.717, 1.165) is 16.7 Å². The number of hydrogen-bond acceptors (Lipinski definition) is 6. The van der Waals surface area contributed by atoms with Gasteiger partial charge in [-0.3, -0.25) is 9.78 Å². The average molecular weight is 537 g/mol. The van der Waals surface area contributed by atoms with Gasteiger partial charge in [-0.15, -0.1) is 10.2 Å². The van der Waals surface area contributed by atoms with Gasteiger partial charge in [0.05, 0.1) is 28.9 Å². The van der Waals surface area contributed by atoms with Gasteiger partial charge in [-0.1, -0.05) is 6.92 Å². The van der Waals surface area contributed by atoms with E-state index in [1.807, 2.05) is 13.0 Å². The first-order chi connectivity index (χ1) is 17.9. The fourth-order valence-electron chi connectivity index (χ4n) is 5.28. The Morgan fingerprint density at radius 3 is 2.50 bits per heavy atom. The van der Waals surface area contributed by atoms with Gasteiger partial charge in [0.2, 0.25) is 11.7 Å². The Labute approximate surface area is 212 Å². The maximum absolute atomic E-state index is 13.4. The maximum Gasteiger partial charge on any atom is 0.451 e. The highest BCUT2D eigenvalue weighted by atomic mass is 19.4. The molecular formula is C24H21F6N7O. The number of nitriles is 1. The van der Waals surface area contributed by atoms with Crippen molar-refractivity contribution < 1.29 is 31.1 Å². The first kappa shape index (κ1) is 25.7. The molecule has 200 valence electrons. The van der Waals surface area contributed by atoms with E-state index in [4.69, 9.17) is 0 Å². The van der Waals surface area contributed by atoms with Crippen molar-refractivity contribution in [1.82, 2.24) is 24.6 Å². The van der Waals surface area contributed by atoms with Crippen molar-refractivity contribution in [2.45, 2.75) is 38.8 Å². The minimum atomic E-state index is -4.64. The molecule has 2 aliphatic rings. The minimum Gasteiger partial charge on any atom is -0.370 e. The molecule has 14 heteroatoms. The Morgan fingerprint density at radius 1 is 1.08 bits per heavy atom. The molecule has 0 aliphatic carbocycles. The molecule has 8 nitrogen and oxygen atoms in total. The summed E-state index contributed by atoms with van der Waals surface area (Å²) in [6, 6.07) is 5.20. The van der Waals surface area contributed by atoms with Crippen LogP contribution >= 0.6 is 0 Å². The summed E-state index contributed by atoms with van der Waals surface area (Å²) in [5, 5.41) is 16.7. The number of alkyl halides is 6. The first-order valence-electron chi connectivity index (χ1n) is 11.8. The topological polar surface area (TPSA) is 90.9 Å². The number of carbonyl (C=O) groups is 1. The first-order valence-corrected chi connectivity index (χ1v) is 11.8. The molecule has 4 heterocycles. The second-order valence-electron chi connectivity index (χ2n) is 9.53. The second-order valence-corrected chi connectivity index (χ2v) is 9.53. The minimum absolute atomic E-state index is 0.0596. The molecule has 2 aromatic heterocycles. The number of halogens is 6. The average Bonchev–Trinajstić information content (AvgIpc) is 3.30. The number of hydrogen-bond donors (Lipinski definition) is 0. The highest BCUT2D eigenvalue weighted by molar-refractivity contribution is 5.95. The molecular weight excluding hydrogens is 516 g/mol. The Morgan fingerprint density at radius 2 is 1.84 bits per heavy atom. The van der Waals surface area contributed by atoms with Crippen LogP contribution in [0.1, 0.15) is 36.1 Å². The molecule has 0 radical (unpaired) electrons. The van der Waals surface area contributed by atoms with E-state index in [1.165, 1.54) is 17.2 Å². The summed E-state index contributed by atoms with van der Waals surface area (Å²) in [5.74, 6) is -1.95. The highest BCUT2D eigenvalue weighted by Gasteiger charge is 2.41. The van der Waals surface area contributed by atoms with Crippen LogP contribution in [-0.2, 0) is 30.2 Å². The molecule has 1 amide bonds. The summed E-state index contributed by atoms with van der Waals surface area (Å²) in [4.78, 5) is 20.8. The number of rotatable bonds is 2. The van der Waals surface area contributed by atoms with Crippen molar-refractivity contribution in [3.8, 4) is 6.07 Å². The summed E-state index contributed by atoms with van der Waals surface area (Å²) >= 11 is 0. The van der Waals surface area contributed by atoms with E-state index in [2.05, 4.69) is 15.2 Å². The van der Waals surface area contributed by atoms with Crippen LogP contribution in [0.15, 0.2) is 24.4 Å². The van der Waals surface area contributed by atoms with Crippen molar-refractivity contribution >= 4 is 22.5 Å². The van der Waals surface area contributed by atoms with E-state index < -0.39 is 29.7 Å². The zero-order chi connectivity index (χ0) is 27.4. The summed E-state index contributed by atoms with van der Waals surface area (Å²) in [5.41, 5.74) is -0.0712. The summed E-state index contributed by atoms with van der Waals surface area (Å²) in [6.07, 6.45) is -7.53. The Balaban J connectivity index is 1.37. The lowest BCUT2D eigenvalue weighted by Gasteiger charge is -2.40. The van der Waals surface area contributed by atoms with Gasteiger partial charge in [0.1, 0.15) is 6.07 Å². The predicted molar refractivity (Wildman–Crippen MR) is 121 cm³/mol. The van der Waals surface area contributed by atoms with E-state index in [9.17, 15) is 36.4 Å². The molecule has 0 saturated carbocycles. The molecule has 5 rings (SSSR count). The summed E-state index contributed by atoms with van der Waals surface area (Å²) in [7, 11) is 0. The van der Waals surface area contributed by atoms with Crippen LogP contribution in [0.2, 0.25) is 0 Å². The lowest BCUT2D eigenvalue weighted by atomic mass is 9.85. The van der Waals surface area contributed by atoms with E-state index in [0.29, 0.717) is 30.7 Å². The fourth-order valence-corrected chi connectivity index (χ4v) is 5.28. The van der Waals surface area contributed by atoms with Gasteiger partial charge in [0, 0.05) is 43.7 Å². The number of pyridine rings is 1. The number of nitrogens with zero attached hydrogens (tertiary/aromatic N) is 7. The number of benzene rings is 1. The van der Waals surface area contributed by atoms with Crippen LogP contribution in [-0.4, -0.2) is 50.2 Å². The molecule has 2 aliphatic heterocycles. The van der Waals surface area contributed by atoms with Crippen molar-refractivity contribution in [3.63, 3.8) is 0 Å². The molecule has 2 unspecified atom stereocenters. The fraction of sp³-hybridized carbons (Fsp3) is 0.458. The summed E-state index contributed by atoms with van der Waals surface area (Å²) in [6.45, 7) is 2.33. The lowest BCUT2D eigenvalue weighted by Crippen LogP contribution is -2.49. The lowest BCUT2D eigenvalue weighted by molar-refractivity contribution is -0.148. The van der Waals surface area contributed by atoms with Gasteiger partial charge in [0.15, 0.2) is 5.82 Å². The summed E-state index contributed by atoms with van der Waals surface area (Å²) < 4.78 is 80.5. The molecule has 0 N–H and O–H groups in total. The van der Waals surface area contributed by atoms with Crippen molar-refractivity contribution in [2.75, 3.05) is 24.5 Å². The van der Waals surface area contributed by atoms with Crippen LogP contribution < -0.4 is 4.90 Å². The number of anilines is 1. The molecule has 1 aromatic carbocycles. The number of amides is 1. The van der Waals surface area contributed by atoms with Crippen LogP contribution in [0.25, 0.3) is 10.9 Å². The molecule has 0 bridgehead atoms. The standard InChI is InChI=1S/C24H21F6N7O/c1-13-11-35(20-14(9-31)10-32-18-3-2-15(8-17(18)20)23(25,26)27)5-4-16(13)21(38)36-6-7-37-19(12-36)33-34-22(37)24(28,29)30/h2-3,8,10,13,16H,4-7,11-12H2,1H3. The maximum atomic E-state index is 13.4. The SMILES string of the molecule is CC1CN(c2c(C#N)cnc3ccc(C(F)(F)F)cc23)CCC1C(=O)N1CCn2c(nnc2C(F)(F)F)C1. The third-order valence-electron chi connectivity index (χ3n) is 7.14. The largest absolute Gasteiger partial charge is 0.451 e. The van der Waals surface area contributed by atoms with Gasteiger partial charge < -0.3 is 14.4 Å². The normalized spacial score (nSPS) is 20.4. The molecule has 2 atom stereocenters. The molecule has 3 aromatic rings. The van der Waals surface area contributed by atoms with E-state index in [-0.39, 0.29) is 48.2 Å². The van der Waals surface area contributed by atoms with E-state index >= 15 is 0 Å².